The summed E-state index contributed by atoms with van der Waals surface area (Å²) in [5.74, 6) is 0.508. The van der Waals surface area contributed by atoms with Crippen LogP contribution in [0.15, 0.2) is 42.6 Å². The Labute approximate surface area is 165 Å². The number of nitrogens with one attached hydrogen (secondary N) is 1. The summed E-state index contributed by atoms with van der Waals surface area (Å²) >= 11 is 0. The van der Waals surface area contributed by atoms with Crippen LogP contribution in [0.3, 0.4) is 0 Å². The number of carbonyl (C=O) groups is 2. The minimum Gasteiger partial charge on any atom is -0.497 e. The topological polar surface area (TPSA) is 71.5 Å². The summed E-state index contributed by atoms with van der Waals surface area (Å²) < 4.78 is 5.21. The third kappa shape index (κ3) is 5.31. The van der Waals surface area contributed by atoms with Crippen LogP contribution >= 0.6 is 0 Å². The van der Waals surface area contributed by atoms with E-state index in [1.807, 2.05) is 29.2 Å². The minimum absolute atomic E-state index is 0.0188. The molecule has 0 spiro atoms. The fourth-order valence-corrected chi connectivity index (χ4v) is 3.38. The maximum Gasteiger partial charge on any atom is 0.269 e. The Morgan fingerprint density at radius 1 is 1.11 bits per heavy atom. The van der Waals surface area contributed by atoms with E-state index in [1.54, 1.807) is 19.2 Å². The lowest BCUT2D eigenvalue weighted by molar-refractivity contribution is 0.0761. The Morgan fingerprint density at radius 2 is 1.89 bits per heavy atom. The Bertz CT molecular complexity index is 814. The number of amides is 2. The molecule has 1 aliphatic heterocycles. The number of hydrogen-bond donors (Lipinski definition) is 1. The lowest BCUT2D eigenvalue weighted by atomic mass is 10.1. The molecule has 2 aromatic rings. The van der Waals surface area contributed by atoms with Crippen LogP contribution in [0.2, 0.25) is 0 Å². The summed E-state index contributed by atoms with van der Waals surface area (Å²) in [6.07, 6.45) is 6.63. The molecule has 3 rings (SSSR count). The Kier molecular flexibility index (Phi) is 7.00. The van der Waals surface area contributed by atoms with E-state index in [2.05, 4.69) is 10.3 Å². The van der Waals surface area contributed by atoms with Gasteiger partial charge in [-0.25, -0.2) is 0 Å². The van der Waals surface area contributed by atoms with Gasteiger partial charge < -0.3 is 15.0 Å². The number of methoxy groups -OCH3 is 1. The third-order valence-corrected chi connectivity index (χ3v) is 4.97. The molecular formula is C22H27N3O3. The molecule has 148 valence electrons. The van der Waals surface area contributed by atoms with Gasteiger partial charge in [-0.3, -0.25) is 14.6 Å². The predicted octanol–water partition coefficient (Wildman–Crippen LogP) is 3.08. The van der Waals surface area contributed by atoms with Crippen molar-refractivity contribution in [2.75, 3.05) is 26.7 Å². The van der Waals surface area contributed by atoms with Gasteiger partial charge in [0, 0.05) is 31.4 Å². The van der Waals surface area contributed by atoms with E-state index in [1.165, 1.54) is 19.0 Å². The highest BCUT2D eigenvalue weighted by Crippen LogP contribution is 2.14. The summed E-state index contributed by atoms with van der Waals surface area (Å²) in [5.41, 5.74) is 1.87. The van der Waals surface area contributed by atoms with E-state index in [-0.39, 0.29) is 17.5 Å². The first-order valence-electron chi connectivity index (χ1n) is 9.84. The smallest absolute Gasteiger partial charge is 0.269 e. The monoisotopic (exact) mass is 381 g/mol. The molecule has 1 N–H and O–H groups in total. The van der Waals surface area contributed by atoms with Crippen LogP contribution in [0.5, 0.6) is 5.75 Å². The highest BCUT2D eigenvalue weighted by atomic mass is 16.5. The molecule has 1 aromatic heterocycles. The summed E-state index contributed by atoms with van der Waals surface area (Å²) in [4.78, 5) is 31.2. The van der Waals surface area contributed by atoms with Gasteiger partial charge in [-0.05, 0) is 49.1 Å². The second-order valence-corrected chi connectivity index (χ2v) is 6.99. The van der Waals surface area contributed by atoms with Crippen LogP contribution in [0, 0.1) is 0 Å². The Hall–Kier alpha value is -2.89. The molecule has 2 amide bonds. The van der Waals surface area contributed by atoms with Crippen LogP contribution < -0.4 is 10.1 Å². The zero-order chi connectivity index (χ0) is 19.8. The largest absolute Gasteiger partial charge is 0.497 e. The first-order chi connectivity index (χ1) is 13.7. The highest BCUT2D eigenvalue weighted by Gasteiger charge is 2.19. The maximum atomic E-state index is 12.7. The van der Waals surface area contributed by atoms with Crippen molar-refractivity contribution in [1.82, 2.24) is 15.2 Å². The number of likely N-dealkylation sites (tertiary alicyclic amines) is 1. The summed E-state index contributed by atoms with van der Waals surface area (Å²) in [6.45, 7) is 2.05. The number of aromatic nitrogens is 1. The lowest BCUT2D eigenvalue weighted by Crippen LogP contribution is -2.32. The van der Waals surface area contributed by atoms with Crippen molar-refractivity contribution in [1.29, 1.82) is 0 Å². The van der Waals surface area contributed by atoms with Crippen LogP contribution in [0.25, 0.3) is 0 Å². The maximum absolute atomic E-state index is 12.7. The van der Waals surface area contributed by atoms with Gasteiger partial charge in [-0.2, -0.15) is 0 Å². The molecule has 0 atom stereocenters. The molecule has 0 bridgehead atoms. The van der Waals surface area contributed by atoms with Gasteiger partial charge in [0.2, 0.25) is 0 Å². The van der Waals surface area contributed by atoms with Crippen molar-refractivity contribution in [3.8, 4) is 5.75 Å². The zero-order valence-electron chi connectivity index (χ0n) is 16.3. The number of hydrogen-bond acceptors (Lipinski definition) is 4. The summed E-state index contributed by atoms with van der Waals surface area (Å²) in [7, 11) is 1.63. The van der Waals surface area contributed by atoms with Gasteiger partial charge in [0.05, 0.1) is 7.11 Å². The number of rotatable bonds is 6. The van der Waals surface area contributed by atoms with Crippen molar-refractivity contribution >= 4 is 11.8 Å². The van der Waals surface area contributed by atoms with Crippen molar-refractivity contribution in [2.24, 2.45) is 0 Å². The average molecular weight is 381 g/mol. The van der Waals surface area contributed by atoms with Gasteiger partial charge in [-0.15, -0.1) is 0 Å². The molecule has 6 heteroatoms. The second kappa shape index (κ2) is 9.88. The number of benzene rings is 1. The van der Waals surface area contributed by atoms with Crippen LogP contribution in [0.1, 0.15) is 52.1 Å². The summed E-state index contributed by atoms with van der Waals surface area (Å²) in [6, 6.07) is 11.0. The van der Waals surface area contributed by atoms with Crippen molar-refractivity contribution in [3.63, 3.8) is 0 Å². The predicted molar refractivity (Wildman–Crippen MR) is 108 cm³/mol. The Morgan fingerprint density at radius 3 is 2.64 bits per heavy atom. The quantitative estimate of drug-likeness (QED) is 0.835. The van der Waals surface area contributed by atoms with Gasteiger partial charge in [0.1, 0.15) is 11.4 Å². The SMILES string of the molecule is COc1cccc(CCNC(=O)c2cc(C(=O)N3CCCCCC3)ccn2)c1. The first-order valence-corrected chi connectivity index (χ1v) is 9.84. The molecule has 1 saturated heterocycles. The van der Waals surface area contributed by atoms with Gasteiger partial charge >= 0.3 is 0 Å². The number of pyridine rings is 1. The molecular weight excluding hydrogens is 354 g/mol. The molecule has 2 heterocycles. The second-order valence-electron chi connectivity index (χ2n) is 6.99. The van der Waals surface area contributed by atoms with E-state index in [4.69, 9.17) is 4.74 Å². The third-order valence-electron chi connectivity index (χ3n) is 4.97. The van der Waals surface area contributed by atoms with Gasteiger partial charge in [0.15, 0.2) is 0 Å². The molecule has 6 nitrogen and oxygen atoms in total. The molecule has 0 saturated carbocycles. The molecule has 28 heavy (non-hydrogen) atoms. The number of ether oxygens (including phenoxy) is 1. The van der Waals surface area contributed by atoms with E-state index >= 15 is 0 Å². The normalized spacial score (nSPS) is 14.2. The lowest BCUT2D eigenvalue weighted by Gasteiger charge is -2.20. The van der Waals surface area contributed by atoms with E-state index < -0.39 is 0 Å². The van der Waals surface area contributed by atoms with Crippen LogP contribution in [-0.2, 0) is 6.42 Å². The molecule has 1 aliphatic rings. The standard InChI is InChI=1S/C22H27N3O3/c1-28-19-8-6-7-17(15-19)9-11-24-21(26)20-16-18(10-12-23-20)22(27)25-13-4-2-3-5-14-25/h6-8,10,12,15-16H,2-5,9,11,13-14H2,1H3,(H,24,26). The van der Waals surface area contributed by atoms with Gasteiger partial charge in [0.25, 0.3) is 11.8 Å². The van der Waals surface area contributed by atoms with Crippen LogP contribution in [-0.4, -0.2) is 48.4 Å². The molecule has 1 aromatic carbocycles. The summed E-state index contributed by atoms with van der Waals surface area (Å²) in [5, 5.41) is 2.87. The highest BCUT2D eigenvalue weighted by molar-refractivity contribution is 5.98. The molecule has 0 unspecified atom stereocenters. The first kappa shape index (κ1) is 19.9. The fraction of sp³-hybridized carbons (Fsp3) is 0.409. The number of carbonyl (C=O) groups excluding carboxylic acids is 2. The van der Waals surface area contributed by atoms with E-state index in [9.17, 15) is 9.59 Å². The Balaban J connectivity index is 1.57. The fourth-order valence-electron chi connectivity index (χ4n) is 3.38. The molecule has 0 radical (unpaired) electrons. The number of nitrogens with zero attached hydrogens (tertiary/aromatic N) is 2. The van der Waals surface area contributed by atoms with Crippen molar-refractivity contribution < 1.29 is 14.3 Å². The molecule has 0 aliphatic carbocycles. The van der Waals surface area contributed by atoms with Crippen molar-refractivity contribution in [2.45, 2.75) is 32.1 Å². The van der Waals surface area contributed by atoms with Crippen molar-refractivity contribution in [3.05, 3.63) is 59.4 Å². The van der Waals surface area contributed by atoms with Gasteiger partial charge in [-0.1, -0.05) is 25.0 Å². The van der Waals surface area contributed by atoms with Crippen LogP contribution in [0.4, 0.5) is 0 Å². The minimum atomic E-state index is -0.270. The average Bonchev–Trinajstić information content (AvgIpc) is 3.03. The van der Waals surface area contributed by atoms with E-state index in [0.29, 0.717) is 18.5 Å². The van der Waals surface area contributed by atoms with E-state index in [0.717, 1.165) is 37.2 Å². The zero-order valence-corrected chi connectivity index (χ0v) is 16.3. The molecule has 1 fully saturated rings.